The van der Waals surface area contributed by atoms with Crippen LogP contribution >= 0.6 is 0 Å². The number of rotatable bonds is 4. The van der Waals surface area contributed by atoms with Crippen molar-refractivity contribution in [1.82, 2.24) is 19.5 Å². The standard InChI is InChI=1S/C19H15N5O3/c1-12-15(17(25)23-14-5-3-7-21-9-14)16-18(27-12)22-11-24(19(16)26)10-13-4-2-6-20-8-13/h2-9,11H,10H2,1H3,(H,23,25). The lowest BCUT2D eigenvalue weighted by molar-refractivity contribution is 0.102. The second kappa shape index (κ2) is 6.83. The third-order valence-electron chi connectivity index (χ3n) is 4.08. The number of nitrogens with one attached hydrogen (secondary N) is 1. The van der Waals surface area contributed by atoms with Gasteiger partial charge in [0.15, 0.2) is 0 Å². The highest BCUT2D eigenvalue weighted by Crippen LogP contribution is 2.22. The SMILES string of the molecule is Cc1oc2ncn(Cc3cccnc3)c(=O)c2c1C(=O)Nc1cccnc1. The van der Waals surface area contributed by atoms with Crippen LogP contribution in [0.5, 0.6) is 0 Å². The van der Waals surface area contributed by atoms with Crippen LogP contribution in [0, 0.1) is 6.92 Å². The molecule has 0 saturated heterocycles. The first-order chi connectivity index (χ1) is 13.1. The molecule has 134 valence electrons. The van der Waals surface area contributed by atoms with Gasteiger partial charge >= 0.3 is 0 Å². The van der Waals surface area contributed by atoms with E-state index in [0.29, 0.717) is 18.0 Å². The Balaban J connectivity index is 1.76. The number of fused-ring (bicyclic) bond motifs is 1. The second-order valence-electron chi connectivity index (χ2n) is 5.95. The van der Waals surface area contributed by atoms with Gasteiger partial charge in [-0.2, -0.15) is 0 Å². The van der Waals surface area contributed by atoms with Gasteiger partial charge in [-0.3, -0.25) is 24.1 Å². The number of hydrogen-bond donors (Lipinski definition) is 1. The Hall–Kier alpha value is -3.81. The average Bonchev–Trinajstić information content (AvgIpc) is 3.02. The molecule has 0 atom stereocenters. The molecule has 0 bridgehead atoms. The van der Waals surface area contributed by atoms with Crippen molar-refractivity contribution in [2.75, 3.05) is 5.32 Å². The van der Waals surface area contributed by atoms with Gasteiger partial charge in [0.25, 0.3) is 11.5 Å². The van der Waals surface area contributed by atoms with Crippen LogP contribution in [0.2, 0.25) is 0 Å². The van der Waals surface area contributed by atoms with Crippen LogP contribution in [0.4, 0.5) is 5.69 Å². The number of aryl methyl sites for hydroxylation is 1. The van der Waals surface area contributed by atoms with Crippen LogP contribution < -0.4 is 10.9 Å². The topological polar surface area (TPSA) is 103 Å². The lowest BCUT2D eigenvalue weighted by Crippen LogP contribution is -2.23. The van der Waals surface area contributed by atoms with E-state index in [9.17, 15) is 9.59 Å². The summed E-state index contributed by atoms with van der Waals surface area (Å²) in [6, 6.07) is 7.07. The van der Waals surface area contributed by atoms with E-state index in [1.807, 2.05) is 6.07 Å². The molecule has 4 aromatic rings. The second-order valence-corrected chi connectivity index (χ2v) is 5.95. The van der Waals surface area contributed by atoms with Crippen molar-refractivity contribution < 1.29 is 9.21 Å². The van der Waals surface area contributed by atoms with Gasteiger partial charge in [-0.1, -0.05) is 6.07 Å². The molecule has 0 aliphatic heterocycles. The Kier molecular flexibility index (Phi) is 4.21. The molecule has 0 spiro atoms. The Morgan fingerprint density at radius 1 is 1.19 bits per heavy atom. The Morgan fingerprint density at radius 2 is 1.96 bits per heavy atom. The van der Waals surface area contributed by atoms with Gasteiger partial charge in [-0.05, 0) is 30.7 Å². The van der Waals surface area contributed by atoms with Crippen molar-refractivity contribution >= 4 is 22.7 Å². The molecular weight excluding hydrogens is 346 g/mol. The number of carbonyl (C=O) groups is 1. The molecule has 0 radical (unpaired) electrons. The largest absolute Gasteiger partial charge is 0.442 e. The van der Waals surface area contributed by atoms with Crippen LogP contribution in [0.1, 0.15) is 21.7 Å². The summed E-state index contributed by atoms with van der Waals surface area (Å²) < 4.78 is 6.96. The first-order valence-electron chi connectivity index (χ1n) is 8.22. The Bertz CT molecular complexity index is 1170. The van der Waals surface area contributed by atoms with E-state index in [4.69, 9.17) is 4.42 Å². The molecule has 4 rings (SSSR count). The predicted octanol–water partition coefficient (Wildman–Crippen LogP) is 2.39. The maximum Gasteiger partial charge on any atom is 0.265 e. The summed E-state index contributed by atoms with van der Waals surface area (Å²) in [6.45, 7) is 1.92. The third-order valence-corrected chi connectivity index (χ3v) is 4.08. The molecule has 4 heterocycles. The molecule has 27 heavy (non-hydrogen) atoms. The molecule has 1 amide bonds. The van der Waals surface area contributed by atoms with Gasteiger partial charge in [0, 0.05) is 18.6 Å². The smallest absolute Gasteiger partial charge is 0.265 e. The van der Waals surface area contributed by atoms with Crippen LogP contribution in [0.3, 0.4) is 0 Å². The van der Waals surface area contributed by atoms with Crippen molar-refractivity contribution in [3.63, 3.8) is 0 Å². The van der Waals surface area contributed by atoms with Crippen LogP contribution in [-0.2, 0) is 6.54 Å². The summed E-state index contributed by atoms with van der Waals surface area (Å²) in [4.78, 5) is 37.9. The number of aromatic nitrogens is 4. The molecule has 1 N–H and O–H groups in total. The average molecular weight is 361 g/mol. The number of nitrogens with zero attached hydrogens (tertiary/aromatic N) is 4. The van der Waals surface area contributed by atoms with E-state index < -0.39 is 5.91 Å². The molecule has 0 fully saturated rings. The van der Waals surface area contributed by atoms with Gasteiger partial charge in [0.05, 0.1) is 24.0 Å². The fourth-order valence-electron chi connectivity index (χ4n) is 2.84. The molecule has 0 aliphatic rings. The highest BCUT2D eigenvalue weighted by atomic mass is 16.3. The number of furan rings is 1. The number of carbonyl (C=O) groups excluding carboxylic acids is 1. The number of amides is 1. The van der Waals surface area contributed by atoms with Gasteiger partial charge in [-0.15, -0.1) is 0 Å². The quantitative estimate of drug-likeness (QED) is 0.599. The lowest BCUT2D eigenvalue weighted by Gasteiger charge is -2.06. The van der Waals surface area contributed by atoms with Crippen molar-refractivity contribution in [1.29, 1.82) is 0 Å². The minimum Gasteiger partial charge on any atom is -0.442 e. The predicted molar refractivity (Wildman–Crippen MR) is 98.5 cm³/mol. The molecule has 0 unspecified atom stereocenters. The third kappa shape index (κ3) is 3.20. The first-order valence-corrected chi connectivity index (χ1v) is 8.22. The summed E-state index contributed by atoms with van der Waals surface area (Å²) in [5.41, 5.74) is 1.33. The minimum absolute atomic E-state index is 0.135. The molecule has 8 heteroatoms. The lowest BCUT2D eigenvalue weighted by atomic mass is 10.1. The molecular formula is C19H15N5O3. The van der Waals surface area contributed by atoms with Crippen LogP contribution in [0.15, 0.2) is 64.6 Å². The zero-order chi connectivity index (χ0) is 18.8. The van der Waals surface area contributed by atoms with Crippen molar-refractivity contribution in [2.45, 2.75) is 13.5 Å². The summed E-state index contributed by atoms with van der Waals surface area (Å²) >= 11 is 0. The van der Waals surface area contributed by atoms with Crippen LogP contribution in [-0.4, -0.2) is 25.4 Å². The number of anilines is 1. The van der Waals surface area contributed by atoms with Gasteiger partial charge in [0.1, 0.15) is 17.5 Å². The monoisotopic (exact) mass is 361 g/mol. The molecule has 0 aromatic carbocycles. The summed E-state index contributed by atoms with van der Waals surface area (Å²) in [6.07, 6.45) is 7.87. The van der Waals surface area contributed by atoms with Crippen molar-refractivity contribution in [3.8, 4) is 0 Å². The summed E-state index contributed by atoms with van der Waals surface area (Å²) in [5, 5.41) is 2.88. The fraction of sp³-hybridized carbons (Fsp3) is 0.105. The molecule has 8 nitrogen and oxygen atoms in total. The van der Waals surface area contributed by atoms with E-state index in [-0.39, 0.29) is 22.2 Å². The normalized spacial score (nSPS) is 10.9. The Morgan fingerprint density at radius 3 is 2.67 bits per heavy atom. The maximum absolute atomic E-state index is 13.0. The van der Waals surface area contributed by atoms with Crippen molar-refractivity contribution in [2.24, 2.45) is 0 Å². The highest BCUT2D eigenvalue weighted by Gasteiger charge is 2.23. The first kappa shape index (κ1) is 16.6. The molecule has 0 aliphatic carbocycles. The summed E-state index contributed by atoms with van der Waals surface area (Å²) in [7, 11) is 0. The van der Waals surface area contributed by atoms with Gasteiger partial charge < -0.3 is 9.73 Å². The summed E-state index contributed by atoms with van der Waals surface area (Å²) in [5.74, 6) is -0.118. The van der Waals surface area contributed by atoms with E-state index in [1.54, 1.807) is 43.7 Å². The van der Waals surface area contributed by atoms with Gasteiger partial charge in [0.2, 0.25) is 5.71 Å². The Labute approximate surface area is 153 Å². The molecule has 4 aromatic heterocycles. The highest BCUT2D eigenvalue weighted by molar-refractivity contribution is 6.12. The zero-order valence-corrected chi connectivity index (χ0v) is 14.4. The van der Waals surface area contributed by atoms with E-state index in [2.05, 4.69) is 20.3 Å². The zero-order valence-electron chi connectivity index (χ0n) is 14.4. The van der Waals surface area contributed by atoms with Crippen molar-refractivity contribution in [3.05, 3.63) is 82.6 Å². The van der Waals surface area contributed by atoms with Crippen LogP contribution in [0.25, 0.3) is 11.1 Å². The minimum atomic E-state index is -0.447. The van der Waals surface area contributed by atoms with E-state index in [1.165, 1.54) is 17.1 Å². The fourth-order valence-corrected chi connectivity index (χ4v) is 2.84. The maximum atomic E-state index is 13.0. The number of hydrogen-bond acceptors (Lipinski definition) is 6. The number of pyridine rings is 2. The van der Waals surface area contributed by atoms with Gasteiger partial charge in [-0.25, -0.2) is 4.98 Å². The molecule has 0 saturated carbocycles. The van der Waals surface area contributed by atoms with E-state index in [0.717, 1.165) is 5.56 Å². The van der Waals surface area contributed by atoms with E-state index >= 15 is 0 Å².